The molecule has 9 heteroatoms. The van der Waals surface area contributed by atoms with Crippen LogP contribution >= 0.6 is 0 Å². The van der Waals surface area contributed by atoms with Crippen molar-refractivity contribution < 1.29 is 22.4 Å². The highest BCUT2D eigenvalue weighted by Crippen LogP contribution is 2.33. The average Bonchev–Trinajstić information content (AvgIpc) is 3.53. The van der Waals surface area contributed by atoms with Crippen LogP contribution in [0.3, 0.4) is 0 Å². The Morgan fingerprint density at radius 3 is 2.41 bits per heavy atom. The van der Waals surface area contributed by atoms with E-state index in [1.807, 2.05) is 4.90 Å². The van der Waals surface area contributed by atoms with Gasteiger partial charge in [-0.25, -0.2) is 14.4 Å². The van der Waals surface area contributed by atoms with Crippen LogP contribution in [0.4, 0.5) is 23.4 Å². The molecular weight excluding hydrogens is 388 g/mol. The molecule has 0 atom stereocenters. The van der Waals surface area contributed by atoms with Crippen molar-refractivity contribution in [2.75, 3.05) is 18.0 Å². The summed E-state index contributed by atoms with van der Waals surface area (Å²) in [5.74, 6) is -0.386. The van der Waals surface area contributed by atoms with Gasteiger partial charge in [0.25, 0.3) is 0 Å². The van der Waals surface area contributed by atoms with Crippen molar-refractivity contribution in [3.63, 3.8) is 0 Å². The van der Waals surface area contributed by atoms with Crippen LogP contribution in [0, 0.1) is 11.7 Å². The van der Waals surface area contributed by atoms with Crippen molar-refractivity contribution in [2.45, 2.75) is 37.9 Å². The number of anilines is 1. The number of aromatic nitrogens is 2. The average molecular weight is 408 g/mol. The van der Waals surface area contributed by atoms with Gasteiger partial charge in [0.05, 0.1) is 11.3 Å². The molecule has 1 saturated heterocycles. The number of rotatable bonds is 4. The van der Waals surface area contributed by atoms with Gasteiger partial charge in [-0.2, -0.15) is 13.2 Å². The molecule has 0 unspecified atom stereocenters. The van der Waals surface area contributed by atoms with Gasteiger partial charge in [0.1, 0.15) is 18.0 Å². The third-order valence-corrected chi connectivity index (χ3v) is 5.34. The fourth-order valence-electron chi connectivity index (χ4n) is 3.50. The Labute approximate surface area is 165 Å². The molecule has 0 radical (unpaired) electrons. The fourth-order valence-corrected chi connectivity index (χ4v) is 3.50. The third-order valence-electron chi connectivity index (χ3n) is 5.34. The smallest absolute Gasteiger partial charge is 0.356 e. The van der Waals surface area contributed by atoms with E-state index in [0.717, 1.165) is 37.8 Å². The number of alkyl halides is 3. The number of benzene rings is 1. The zero-order valence-electron chi connectivity index (χ0n) is 15.5. The number of hydrogen-bond acceptors (Lipinski definition) is 4. The Kier molecular flexibility index (Phi) is 5.14. The largest absolute Gasteiger partial charge is 0.419 e. The highest BCUT2D eigenvalue weighted by molar-refractivity contribution is 5.81. The normalized spacial score (nSPS) is 18.0. The summed E-state index contributed by atoms with van der Waals surface area (Å²) in [6, 6.07) is 4.56. The van der Waals surface area contributed by atoms with E-state index in [2.05, 4.69) is 15.3 Å². The summed E-state index contributed by atoms with van der Waals surface area (Å²) < 4.78 is 52.1. The Bertz CT molecular complexity index is 906. The van der Waals surface area contributed by atoms with E-state index in [-0.39, 0.29) is 23.4 Å². The number of hydrogen-bond donors (Lipinski definition) is 1. The van der Waals surface area contributed by atoms with E-state index < -0.39 is 17.6 Å². The van der Waals surface area contributed by atoms with Crippen LogP contribution in [-0.2, 0) is 11.0 Å². The van der Waals surface area contributed by atoms with Crippen LogP contribution in [0.15, 0.2) is 30.6 Å². The number of amides is 1. The second-order valence-corrected chi connectivity index (χ2v) is 7.50. The van der Waals surface area contributed by atoms with Gasteiger partial charge in [-0.3, -0.25) is 4.79 Å². The van der Waals surface area contributed by atoms with Crippen molar-refractivity contribution in [3.8, 4) is 11.3 Å². The molecule has 29 heavy (non-hydrogen) atoms. The fraction of sp³-hybridized carbons (Fsp3) is 0.450. The highest BCUT2D eigenvalue weighted by atomic mass is 19.4. The van der Waals surface area contributed by atoms with Gasteiger partial charge in [-0.15, -0.1) is 0 Å². The molecule has 154 valence electrons. The van der Waals surface area contributed by atoms with Crippen LogP contribution in [0.1, 0.15) is 31.2 Å². The number of piperidine rings is 1. The van der Waals surface area contributed by atoms with Crippen molar-refractivity contribution in [2.24, 2.45) is 5.92 Å². The van der Waals surface area contributed by atoms with E-state index >= 15 is 0 Å². The van der Waals surface area contributed by atoms with Gasteiger partial charge >= 0.3 is 6.18 Å². The van der Waals surface area contributed by atoms with Gasteiger partial charge in [-0.1, -0.05) is 6.07 Å². The second kappa shape index (κ2) is 7.61. The summed E-state index contributed by atoms with van der Waals surface area (Å²) in [5.41, 5.74) is -0.691. The Balaban J connectivity index is 1.44. The van der Waals surface area contributed by atoms with E-state index in [4.69, 9.17) is 0 Å². The van der Waals surface area contributed by atoms with Gasteiger partial charge in [-0.05, 0) is 37.8 Å². The first-order chi connectivity index (χ1) is 13.8. The van der Waals surface area contributed by atoms with Gasteiger partial charge in [0.15, 0.2) is 0 Å². The van der Waals surface area contributed by atoms with Gasteiger partial charge in [0, 0.05) is 36.7 Å². The summed E-state index contributed by atoms with van der Waals surface area (Å²) >= 11 is 0. The lowest BCUT2D eigenvalue weighted by molar-refractivity contribution is -0.140. The van der Waals surface area contributed by atoms with Gasteiger partial charge < -0.3 is 10.2 Å². The van der Waals surface area contributed by atoms with E-state index in [9.17, 15) is 22.4 Å². The van der Waals surface area contributed by atoms with Crippen LogP contribution in [0.25, 0.3) is 11.3 Å². The minimum Gasteiger partial charge on any atom is -0.356 e. The maximum atomic E-state index is 13.9. The summed E-state index contributed by atoms with van der Waals surface area (Å²) in [5, 5.41) is 3.08. The first-order valence-corrected chi connectivity index (χ1v) is 9.56. The number of nitrogens with zero attached hydrogens (tertiary/aromatic N) is 3. The van der Waals surface area contributed by atoms with Crippen LogP contribution in [0.5, 0.6) is 0 Å². The molecule has 1 aliphatic carbocycles. The second-order valence-electron chi connectivity index (χ2n) is 7.50. The van der Waals surface area contributed by atoms with Crippen LogP contribution < -0.4 is 10.2 Å². The zero-order chi connectivity index (χ0) is 20.6. The summed E-state index contributed by atoms with van der Waals surface area (Å²) in [4.78, 5) is 22.2. The molecule has 2 heterocycles. The molecule has 2 aliphatic rings. The molecule has 5 nitrogen and oxygen atoms in total. The highest BCUT2D eigenvalue weighted by Gasteiger charge is 2.34. The molecule has 2 aromatic rings. The number of nitrogens with one attached hydrogen (secondary N) is 1. The lowest BCUT2D eigenvalue weighted by Crippen LogP contribution is -2.45. The quantitative estimate of drug-likeness (QED) is 0.782. The molecular formula is C20H20F4N4O. The maximum absolute atomic E-state index is 13.9. The van der Waals surface area contributed by atoms with Crippen LogP contribution in [-0.4, -0.2) is 35.0 Å². The third kappa shape index (κ3) is 4.49. The van der Waals surface area contributed by atoms with Crippen molar-refractivity contribution >= 4 is 11.7 Å². The van der Waals surface area contributed by atoms with Crippen molar-refractivity contribution in [3.05, 3.63) is 42.0 Å². The van der Waals surface area contributed by atoms with Crippen LogP contribution in [0.2, 0.25) is 0 Å². The summed E-state index contributed by atoms with van der Waals surface area (Å²) in [7, 11) is 0. The first-order valence-electron chi connectivity index (χ1n) is 9.56. The van der Waals surface area contributed by atoms with Gasteiger partial charge in [0.2, 0.25) is 5.91 Å². The zero-order valence-corrected chi connectivity index (χ0v) is 15.5. The number of carbonyl (C=O) groups excluding carboxylic acids is 1. The topological polar surface area (TPSA) is 58.1 Å². The minimum absolute atomic E-state index is 0.136. The molecule has 2 fully saturated rings. The predicted octanol–water partition coefficient (Wildman–Crippen LogP) is 3.80. The lowest BCUT2D eigenvalue weighted by atomic mass is 10.0. The monoisotopic (exact) mass is 408 g/mol. The Morgan fingerprint density at radius 1 is 1.07 bits per heavy atom. The molecule has 1 amide bonds. The lowest BCUT2D eigenvalue weighted by Gasteiger charge is -2.33. The molecule has 0 spiro atoms. The SMILES string of the molecule is O=C(NC1CCN(c2cc(-c3ccc(C(F)(F)F)c(F)c3)ncn2)CC1)C1CC1. The van der Waals surface area contributed by atoms with E-state index in [0.29, 0.717) is 24.6 Å². The minimum atomic E-state index is -4.74. The number of carbonyl (C=O) groups is 1. The van der Waals surface area contributed by atoms with Crippen molar-refractivity contribution in [1.82, 2.24) is 15.3 Å². The molecule has 1 aliphatic heterocycles. The first kappa shape index (κ1) is 19.6. The molecule has 0 bridgehead atoms. The molecule has 1 saturated carbocycles. The molecule has 1 aromatic carbocycles. The molecule has 1 N–H and O–H groups in total. The Morgan fingerprint density at radius 2 is 1.79 bits per heavy atom. The van der Waals surface area contributed by atoms with Crippen molar-refractivity contribution in [1.29, 1.82) is 0 Å². The molecule has 1 aromatic heterocycles. The summed E-state index contributed by atoms with van der Waals surface area (Å²) in [6.45, 7) is 1.38. The van der Waals surface area contributed by atoms with E-state index in [1.165, 1.54) is 12.4 Å². The number of halogens is 4. The summed E-state index contributed by atoms with van der Waals surface area (Å²) in [6.07, 6.45) is 0.0944. The Hall–Kier alpha value is -2.71. The predicted molar refractivity (Wildman–Crippen MR) is 98.5 cm³/mol. The van der Waals surface area contributed by atoms with E-state index in [1.54, 1.807) is 6.07 Å². The molecule has 4 rings (SSSR count). The maximum Gasteiger partial charge on any atom is 0.419 e. The standard InChI is InChI=1S/C20H20F4N4O/c21-16-9-13(3-4-15(16)20(22,23)24)17-10-18(26-11-25-17)28-7-5-14(6-8-28)27-19(29)12-1-2-12/h3-4,9-12,14H,1-2,5-8H2,(H,27,29).